The van der Waals surface area contributed by atoms with Crippen molar-refractivity contribution in [2.45, 2.75) is 78.3 Å². The van der Waals surface area contributed by atoms with Crippen LogP contribution in [0.5, 0.6) is 0 Å². The lowest BCUT2D eigenvalue weighted by atomic mass is 9.91. The first kappa shape index (κ1) is 16.0. The van der Waals surface area contributed by atoms with Crippen LogP contribution in [0.2, 0.25) is 0 Å². The molecule has 2 unspecified atom stereocenters. The Bertz CT molecular complexity index is 197. The number of nitrogens with zero attached hydrogens (tertiary/aromatic N) is 1. The lowest BCUT2D eigenvalue weighted by Gasteiger charge is -2.39. The lowest BCUT2D eigenvalue weighted by Crippen LogP contribution is -2.50. The highest BCUT2D eigenvalue weighted by Gasteiger charge is 2.26. The molecule has 2 nitrogen and oxygen atoms in total. The van der Waals surface area contributed by atoms with Gasteiger partial charge in [0.1, 0.15) is 0 Å². The smallest absolute Gasteiger partial charge is 0.0220 e. The molecule has 18 heavy (non-hydrogen) atoms. The maximum absolute atomic E-state index is 3.71. The molecule has 1 fully saturated rings. The summed E-state index contributed by atoms with van der Waals surface area (Å²) >= 11 is 0. The fourth-order valence-corrected chi connectivity index (χ4v) is 3.30. The fraction of sp³-hybridized carbons (Fsp3) is 1.00. The zero-order valence-corrected chi connectivity index (χ0v) is 13.0. The van der Waals surface area contributed by atoms with Crippen molar-refractivity contribution in [3.8, 4) is 0 Å². The predicted octanol–water partition coefficient (Wildman–Crippen LogP) is 3.67. The third kappa shape index (κ3) is 4.89. The molecule has 2 atom stereocenters. The molecule has 0 saturated carbocycles. The molecule has 0 aliphatic carbocycles. The van der Waals surface area contributed by atoms with Gasteiger partial charge in [-0.1, -0.05) is 33.6 Å². The van der Waals surface area contributed by atoms with Gasteiger partial charge >= 0.3 is 0 Å². The highest BCUT2D eigenvalue weighted by atomic mass is 15.2. The molecule has 1 aliphatic heterocycles. The quantitative estimate of drug-likeness (QED) is 0.711. The van der Waals surface area contributed by atoms with Gasteiger partial charge in [-0.25, -0.2) is 0 Å². The minimum Gasteiger partial charge on any atom is -0.312 e. The summed E-state index contributed by atoms with van der Waals surface area (Å²) in [7, 11) is 0. The third-order valence-electron chi connectivity index (χ3n) is 4.60. The van der Waals surface area contributed by atoms with Crippen LogP contribution in [0, 0.1) is 5.92 Å². The van der Waals surface area contributed by atoms with Gasteiger partial charge in [0.2, 0.25) is 0 Å². The van der Waals surface area contributed by atoms with Crippen molar-refractivity contribution in [3.05, 3.63) is 0 Å². The van der Waals surface area contributed by atoms with Crippen LogP contribution in [0.3, 0.4) is 0 Å². The van der Waals surface area contributed by atoms with Crippen LogP contribution in [0.15, 0.2) is 0 Å². The van der Waals surface area contributed by atoms with E-state index in [1.807, 2.05) is 0 Å². The largest absolute Gasteiger partial charge is 0.312 e. The molecule has 108 valence electrons. The standard InChI is InChI=1S/C16H34N2/c1-5-8-15-9-12-18(13-10-15)14(4)16(7-3)17-11-6-2/h14-17H,5-13H2,1-4H3. The number of hydrogen-bond donors (Lipinski definition) is 1. The summed E-state index contributed by atoms with van der Waals surface area (Å²) in [5.74, 6) is 1.00. The summed E-state index contributed by atoms with van der Waals surface area (Å²) in [6.45, 7) is 13.1. The average Bonchev–Trinajstić information content (AvgIpc) is 2.40. The van der Waals surface area contributed by atoms with Crippen LogP contribution in [-0.2, 0) is 0 Å². The van der Waals surface area contributed by atoms with Crippen LogP contribution >= 0.6 is 0 Å². The Morgan fingerprint density at radius 1 is 1.11 bits per heavy atom. The van der Waals surface area contributed by atoms with Crippen LogP contribution in [-0.4, -0.2) is 36.6 Å². The number of likely N-dealkylation sites (tertiary alicyclic amines) is 1. The average molecular weight is 254 g/mol. The summed E-state index contributed by atoms with van der Waals surface area (Å²) in [6.07, 6.45) is 8.12. The lowest BCUT2D eigenvalue weighted by molar-refractivity contribution is 0.111. The van der Waals surface area contributed by atoms with Gasteiger partial charge in [-0.15, -0.1) is 0 Å². The van der Waals surface area contributed by atoms with Crippen molar-refractivity contribution in [3.63, 3.8) is 0 Å². The number of hydrogen-bond acceptors (Lipinski definition) is 2. The third-order valence-corrected chi connectivity index (χ3v) is 4.60. The van der Waals surface area contributed by atoms with E-state index in [0.29, 0.717) is 12.1 Å². The van der Waals surface area contributed by atoms with E-state index in [9.17, 15) is 0 Å². The predicted molar refractivity (Wildman–Crippen MR) is 81.0 cm³/mol. The van der Waals surface area contributed by atoms with Crippen molar-refractivity contribution in [2.24, 2.45) is 5.92 Å². The van der Waals surface area contributed by atoms with Crippen molar-refractivity contribution in [1.82, 2.24) is 10.2 Å². The summed E-state index contributed by atoms with van der Waals surface area (Å²) < 4.78 is 0. The maximum atomic E-state index is 3.71. The second-order valence-corrected chi connectivity index (χ2v) is 5.98. The van der Waals surface area contributed by atoms with Gasteiger partial charge in [0.25, 0.3) is 0 Å². The molecule has 2 heteroatoms. The maximum Gasteiger partial charge on any atom is 0.0220 e. The first-order valence-electron chi connectivity index (χ1n) is 8.20. The molecule has 1 heterocycles. The van der Waals surface area contributed by atoms with E-state index >= 15 is 0 Å². The van der Waals surface area contributed by atoms with Crippen molar-refractivity contribution >= 4 is 0 Å². The Labute approximate surface area is 115 Å². The summed E-state index contributed by atoms with van der Waals surface area (Å²) in [6, 6.07) is 1.37. The number of piperidine rings is 1. The van der Waals surface area contributed by atoms with E-state index in [2.05, 4.69) is 37.9 Å². The molecule has 0 aromatic heterocycles. The molecule has 0 aromatic rings. The van der Waals surface area contributed by atoms with Gasteiger partial charge in [0, 0.05) is 12.1 Å². The topological polar surface area (TPSA) is 15.3 Å². The van der Waals surface area contributed by atoms with E-state index < -0.39 is 0 Å². The molecule has 1 aliphatic rings. The Kier molecular flexibility index (Phi) is 7.92. The van der Waals surface area contributed by atoms with Gasteiger partial charge in [-0.05, 0) is 58.2 Å². The number of rotatable bonds is 8. The van der Waals surface area contributed by atoms with Crippen LogP contribution in [0.1, 0.15) is 66.2 Å². The monoisotopic (exact) mass is 254 g/mol. The van der Waals surface area contributed by atoms with Gasteiger partial charge in [-0.3, -0.25) is 4.90 Å². The van der Waals surface area contributed by atoms with Crippen LogP contribution in [0.4, 0.5) is 0 Å². The zero-order valence-electron chi connectivity index (χ0n) is 13.0. The van der Waals surface area contributed by atoms with E-state index in [1.165, 1.54) is 51.6 Å². The van der Waals surface area contributed by atoms with Crippen molar-refractivity contribution in [1.29, 1.82) is 0 Å². The van der Waals surface area contributed by atoms with Gasteiger partial charge in [-0.2, -0.15) is 0 Å². The van der Waals surface area contributed by atoms with E-state index in [1.54, 1.807) is 0 Å². The first-order chi connectivity index (χ1) is 8.72. The molecular formula is C16H34N2. The summed E-state index contributed by atoms with van der Waals surface area (Å²) in [5, 5.41) is 3.71. The minimum atomic E-state index is 0.674. The van der Waals surface area contributed by atoms with Gasteiger partial charge < -0.3 is 5.32 Å². The molecule has 1 rings (SSSR count). The van der Waals surface area contributed by atoms with Crippen molar-refractivity contribution < 1.29 is 0 Å². The SMILES string of the molecule is CCCNC(CC)C(C)N1CCC(CCC)CC1. The van der Waals surface area contributed by atoms with E-state index in [-0.39, 0.29) is 0 Å². The van der Waals surface area contributed by atoms with Crippen LogP contribution in [0.25, 0.3) is 0 Å². The highest BCUT2D eigenvalue weighted by molar-refractivity contribution is 4.83. The summed E-state index contributed by atoms with van der Waals surface area (Å²) in [5.41, 5.74) is 0. The molecule has 0 spiro atoms. The molecule has 1 saturated heterocycles. The Balaban J connectivity index is 2.35. The van der Waals surface area contributed by atoms with Crippen molar-refractivity contribution in [2.75, 3.05) is 19.6 Å². The first-order valence-corrected chi connectivity index (χ1v) is 8.20. The molecule has 0 bridgehead atoms. The second kappa shape index (κ2) is 8.92. The molecule has 0 amide bonds. The minimum absolute atomic E-state index is 0.674. The fourth-order valence-electron chi connectivity index (χ4n) is 3.30. The number of nitrogens with one attached hydrogen (secondary N) is 1. The Morgan fingerprint density at radius 2 is 1.78 bits per heavy atom. The van der Waals surface area contributed by atoms with Crippen LogP contribution < -0.4 is 5.32 Å². The Hall–Kier alpha value is -0.0800. The molecule has 0 aromatic carbocycles. The van der Waals surface area contributed by atoms with E-state index in [0.717, 1.165) is 12.5 Å². The zero-order chi connectivity index (χ0) is 13.4. The molecular weight excluding hydrogens is 220 g/mol. The van der Waals surface area contributed by atoms with Gasteiger partial charge in [0.05, 0.1) is 0 Å². The highest BCUT2D eigenvalue weighted by Crippen LogP contribution is 2.24. The second-order valence-electron chi connectivity index (χ2n) is 5.98. The summed E-state index contributed by atoms with van der Waals surface area (Å²) in [4.78, 5) is 2.71. The Morgan fingerprint density at radius 3 is 2.28 bits per heavy atom. The normalized spacial score (nSPS) is 22.0. The molecule has 1 N–H and O–H groups in total. The van der Waals surface area contributed by atoms with E-state index in [4.69, 9.17) is 0 Å². The molecule has 0 radical (unpaired) electrons. The van der Waals surface area contributed by atoms with Gasteiger partial charge in [0.15, 0.2) is 0 Å².